The van der Waals surface area contributed by atoms with Gasteiger partial charge in [-0.15, -0.1) is 5.10 Å². The van der Waals surface area contributed by atoms with Gasteiger partial charge in [0.2, 0.25) is 0 Å². The summed E-state index contributed by atoms with van der Waals surface area (Å²) in [4.78, 5) is 19.3. The molecule has 0 radical (unpaired) electrons. The quantitative estimate of drug-likeness (QED) is 0.726. The van der Waals surface area contributed by atoms with E-state index < -0.39 is 0 Å². The summed E-state index contributed by atoms with van der Waals surface area (Å²) in [7, 11) is 3.16. The number of carbonyl (C=O) groups is 1. The largest absolute Gasteiger partial charge is 0.497 e. The summed E-state index contributed by atoms with van der Waals surface area (Å²) in [5.41, 5.74) is 1.60. The first-order chi connectivity index (χ1) is 14.7. The van der Waals surface area contributed by atoms with Crippen LogP contribution in [0.1, 0.15) is 10.4 Å². The van der Waals surface area contributed by atoms with E-state index in [1.165, 1.54) is 0 Å². The van der Waals surface area contributed by atoms with Gasteiger partial charge in [-0.05, 0) is 12.1 Å². The number of hydrogen-bond donors (Lipinski definition) is 0. The maximum Gasteiger partial charge on any atom is 0.254 e. The molecule has 3 heterocycles. The van der Waals surface area contributed by atoms with Gasteiger partial charge in [-0.3, -0.25) is 4.79 Å². The summed E-state index contributed by atoms with van der Waals surface area (Å²) in [5.74, 6) is 2.07. The standard InChI is InChI=1S/C21H27N5O4/c1-28-18-11-16(12-19(14-18)29-2)21(27)26-5-3-24(4-6-26)17-13-20(23-22-15-17)25-7-9-30-10-8-25/h11-15H,3-10H2,1-2H3. The smallest absolute Gasteiger partial charge is 0.254 e. The van der Waals surface area contributed by atoms with Gasteiger partial charge in [0.25, 0.3) is 5.91 Å². The average molecular weight is 413 g/mol. The lowest BCUT2D eigenvalue weighted by molar-refractivity contribution is 0.0746. The van der Waals surface area contributed by atoms with Gasteiger partial charge >= 0.3 is 0 Å². The van der Waals surface area contributed by atoms with Crippen LogP contribution in [0.15, 0.2) is 30.5 Å². The number of piperazine rings is 1. The van der Waals surface area contributed by atoms with Gasteiger partial charge < -0.3 is 28.9 Å². The Hall–Kier alpha value is -3.07. The minimum atomic E-state index is -0.0197. The second-order valence-corrected chi connectivity index (χ2v) is 7.25. The zero-order valence-corrected chi connectivity index (χ0v) is 17.4. The highest BCUT2D eigenvalue weighted by Gasteiger charge is 2.24. The fourth-order valence-electron chi connectivity index (χ4n) is 3.75. The Balaban J connectivity index is 1.41. The molecular weight excluding hydrogens is 386 g/mol. The molecule has 2 aliphatic heterocycles. The number of nitrogens with zero attached hydrogens (tertiary/aromatic N) is 5. The van der Waals surface area contributed by atoms with Crippen LogP contribution in [0.2, 0.25) is 0 Å². The lowest BCUT2D eigenvalue weighted by Crippen LogP contribution is -2.49. The summed E-state index contributed by atoms with van der Waals surface area (Å²) in [6, 6.07) is 7.33. The summed E-state index contributed by atoms with van der Waals surface area (Å²) in [5, 5.41) is 8.47. The van der Waals surface area contributed by atoms with Crippen molar-refractivity contribution in [2.45, 2.75) is 0 Å². The van der Waals surface area contributed by atoms with Crippen LogP contribution in [0.25, 0.3) is 0 Å². The minimum Gasteiger partial charge on any atom is -0.497 e. The molecule has 2 saturated heterocycles. The maximum absolute atomic E-state index is 13.0. The van der Waals surface area contributed by atoms with Crippen molar-refractivity contribution in [2.75, 3.05) is 76.5 Å². The minimum absolute atomic E-state index is 0.0197. The van der Waals surface area contributed by atoms with E-state index in [1.807, 2.05) is 4.90 Å². The summed E-state index contributed by atoms with van der Waals surface area (Å²) < 4.78 is 16.0. The molecule has 160 valence electrons. The van der Waals surface area contributed by atoms with E-state index >= 15 is 0 Å². The van der Waals surface area contributed by atoms with Gasteiger partial charge in [0.1, 0.15) is 11.5 Å². The molecule has 4 rings (SSSR count). The van der Waals surface area contributed by atoms with Crippen molar-refractivity contribution < 1.29 is 19.0 Å². The molecule has 2 fully saturated rings. The van der Waals surface area contributed by atoms with Crippen LogP contribution in [0.5, 0.6) is 11.5 Å². The molecule has 1 amide bonds. The van der Waals surface area contributed by atoms with Crippen molar-refractivity contribution in [3.05, 3.63) is 36.0 Å². The molecule has 0 saturated carbocycles. The first-order valence-corrected chi connectivity index (χ1v) is 10.1. The average Bonchev–Trinajstić information content (AvgIpc) is 2.84. The van der Waals surface area contributed by atoms with E-state index in [0.29, 0.717) is 43.4 Å². The first kappa shape index (κ1) is 20.2. The van der Waals surface area contributed by atoms with Crippen molar-refractivity contribution in [3.63, 3.8) is 0 Å². The van der Waals surface area contributed by atoms with Crippen molar-refractivity contribution in [1.82, 2.24) is 15.1 Å². The number of anilines is 2. The molecule has 2 aromatic rings. The van der Waals surface area contributed by atoms with Crippen LogP contribution in [0.4, 0.5) is 11.5 Å². The van der Waals surface area contributed by atoms with Crippen LogP contribution < -0.4 is 19.3 Å². The number of hydrogen-bond acceptors (Lipinski definition) is 8. The fourth-order valence-corrected chi connectivity index (χ4v) is 3.75. The zero-order valence-electron chi connectivity index (χ0n) is 17.4. The Morgan fingerprint density at radius 1 is 0.900 bits per heavy atom. The molecule has 9 heteroatoms. The lowest BCUT2D eigenvalue weighted by Gasteiger charge is -2.36. The number of methoxy groups -OCH3 is 2. The van der Waals surface area contributed by atoms with Crippen molar-refractivity contribution in [3.8, 4) is 11.5 Å². The molecule has 0 N–H and O–H groups in total. The van der Waals surface area contributed by atoms with E-state index in [2.05, 4.69) is 26.1 Å². The summed E-state index contributed by atoms with van der Waals surface area (Å²) >= 11 is 0. The third-order valence-corrected chi connectivity index (χ3v) is 5.49. The molecule has 0 aliphatic carbocycles. The molecule has 2 aliphatic rings. The topological polar surface area (TPSA) is 80.3 Å². The van der Waals surface area contributed by atoms with Crippen LogP contribution in [-0.2, 0) is 4.74 Å². The molecule has 9 nitrogen and oxygen atoms in total. The van der Waals surface area contributed by atoms with Crippen LogP contribution in [-0.4, -0.2) is 87.7 Å². The third-order valence-electron chi connectivity index (χ3n) is 5.49. The molecule has 30 heavy (non-hydrogen) atoms. The Kier molecular flexibility index (Phi) is 6.18. The Labute approximate surface area is 176 Å². The SMILES string of the molecule is COc1cc(OC)cc(C(=O)N2CCN(c3cnnc(N4CCOCC4)c3)CC2)c1. The fraction of sp³-hybridized carbons (Fsp3) is 0.476. The number of ether oxygens (including phenoxy) is 3. The molecule has 0 unspecified atom stereocenters. The summed E-state index contributed by atoms with van der Waals surface area (Å²) in [6.45, 7) is 5.81. The zero-order chi connectivity index (χ0) is 20.9. The third kappa shape index (κ3) is 4.40. The van der Waals surface area contributed by atoms with Crippen LogP contribution in [0.3, 0.4) is 0 Å². The first-order valence-electron chi connectivity index (χ1n) is 10.1. The van der Waals surface area contributed by atoms with Gasteiger partial charge in [-0.2, -0.15) is 5.10 Å². The van der Waals surface area contributed by atoms with E-state index in [1.54, 1.807) is 38.6 Å². The molecule has 1 aromatic heterocycles. The van der Waals surface area contributed by atoms with Gasteiger partial charge in [0.05, 0.1) is 39.3 Å². The highest BCUT2D eigenvalue weighted by Crippen LogP contribution is 2.25. The monoisotopic (exact) mass is 413 g/mol. The molecular formula is C21H27N5O4. The van der Waals surface area contributed by atoms with E-state index in [4.69, 9.17) is 14.2 Å². The summed E-state index contributed by atoms with van der Waals surface area (Å²) in [6.07, 6.45) is 1.79. The number of benzene rings is 1. The van der Waals surface area contributed by atoms with E-state index in [-0.39, 0.29) is 5.91 Å². The van der Waals surface area contributed by atoms with Crippen molar-refractivity contribution >= 4 is 17.4 Å². The number of aromatic nitrogens is 2. The second kappa shape index (κ2) is 9.17. The molecule has 1 aromatic carbocycles. The predicted molar refractivity (Wildman–Crippen MR) is 113 cm³/mol. The van der Waals surface area contributed by atoms with E-state index in [9.17, 15) is 4.79 Å². The lowest BCUT2D eigenvalue weighted by atomic mass is 10.1. The molecule has 0 atom stereocenters. The van der Waals surface area contributed by atoms with Crippen molar-refractivity contribution in [1.29, 1.82) is 0 Å². The number of morpholine rings is 1. The van der Waals surface area contributed by atoms with Crippen LogP contribution >= 0.6 is 0 Å². The number of carbonyl (C=O) groups excluding carboxylic acids is 1. The Bertz CT molecular complexity index is 857. The maximum atomic E-state index is 13.0. The highest BCUT2D eigenvalue weighted by molar-refractivity contribution is 5.95. The Morgan fingerprint density at radius 3 is 2.20 bits per heavy atom. The van der Waals surface area contributed by atoms with E-state index in [0.717, 1.165) is 37.7 Å². The van der Waals surface area contributed by atoms with Gasteiger partial charge in [-0.25, -0.2) is 0 Å². The highest BCUT2D eigenvalue weighted by atomic mass is 16.5. The van der Waals surface area contributed by atoms with Gasteiger partial charge in [0.15, 0.2) is 5.82 Å². The van der Waals surface area contributed by atoms with Crippen LogP contribution in [0, 0.1) is 0 Å². The number of rotatable bonds is 5. The molecule has 0 bridgehead atoms. The predicted octanol–water partition coefficient (Wildman–Crippen LogP) is 1.29. The Morgan fingerprint density at radius 2 is 1.57 bits per heavy atom. The normalized spacial score (nSPS) is 17.1. The van der Waals surface area contributed by atoms with Gasteiger partial charge in [0, 0.05) is 57.0 Å². The number of amides is 1. The van der Waals surface area contributed by atoms with Gasteiger partial charge in [-0.1, -0.05) is 0 Å². The molecule has 0 spiro atoms. The second-order valence-electron chi connectivity index (χ2n) is 7.25. The van der Waals surface area contributed by atoms with Crippen molar-refractivity contribution in [2.24, 2.45) is 0 Å².